The SMILES string of the molecule is Cc1ccc(CN(CCNC(=O)Nc2cccc(Cl)c2)C(=O)Nc2ccc(C(F)(F)F)cc2)cc1. The van der Waals surface area contributed by atoms with Gasteiger partial charge >= 0.3 is 18.2 Å². The molecule has 3 aromatic rings. The molecule has 0 heterocycles. The van der Waals surface area contributed by atoms with Crippen LogP contribution in [0.5, 0.6) is 0 Å². The fourth-order valence-corrected chi connectivity index (χ4v) is 3.35. The number of nitrogens with zero attached hydrogens (tertiary/aromatic N) is 1. The summed E-state index contributed by atoms with van der Waals surface area (Å²) in [5.41, 5.74) is 1.87. The van der Waals surface area contributed by atoms with E-state index in [0.29, 0.717) is 10.7 Å². The van der Waals surface area contributed by atoms with Gasteiger partial charge in [0.1, 0.15) is 0 Å². The first-order valence-corrected chi connectivity index (χ1v) is 11.1. The summed E-state index contributed by atoms with van der Waals surface area (Å²) in [5, 5.41) is 8.42. The fraction of sp³-hybridized carbons (Fsp3) is 0.200. The van der Waals surface area contributed by atoms with E-state index < -0.39 is 23.8 Å². The van der Waals surface area contributed by atoms with Gasteiger partial charge in [0.2, 0.25) is 0 Å². The third kappa shape index (κ3) is 8.22. The topological polar surface area (TPSA) is 73.5 Å². The fourth-order valence-electron chi connectivity index (χ4n) is 3.16. The Kier molecular flexibility index (Phi) is 8.59. The minimum absolute atomic E-state index is 0.138. The van der Waals surface area contributed by atoms with Crippen molar-refractivity contribution in [1.29, 1.82) is 0 Å². The highest BCUT2D eigenvalue weighted by atomic mass is 35.5. The Balaban J connectivity index is 1.63. The van der Waals surface area contributed by atoms with Gasteiger partial charge < -0.3 is 20.9 Å². The van der Waals surface area contributed by atoms with Crippen LogP contribution in [-0.2, 0) is 12.7 Å². The molecule has 0 aliphatic carbocycles. The third-order valence-corrected chi connectivity index (χ3v) is 5.23. The number of amides is 4. The lowest BCUT2D eigenvalue weighted by Crippen LogP contribution is -2.41. The second-order valence-electron chi connectivity index (χ2n) is 7.80. The summed E-state index contributed by atoms with van der Waals surface area (Å²) in [5.74, 6) is 0. The van der Waals surface area contributed by atoms with E-state index in [4.69, 9.17) is 11.6 Å². The van der Waals surface area contributed by atoms with Gasteiger partial charge in [0.15, 0.2) is 0 Å². The van der Waals surface area contributed by atoms with Gasteiger partial charge in [-0.2, -0.15) is 13.2 Å². The van der Waals surface area contributed by atoms with Crippen molar-refractivity contribution >= 4 is 35.0 Å². The number of hydrogen-bond acceptors (Lipinski definition) is 2. The zero-order chi connectivity index (χ0) is 25.4. The van der Waals surface area contributed by atoms with Crippen molar-refractivity contribution < 1.29 is 22.8 Å². The molecular formula is C25H24ClF3N4O2. The number of halogens is 4. The minimum atomic E-state index is -4.46. The summed E-state index contributed by atoms with van der Waals surface area (Å²) in [7, 11) is 0. The van der Waals surface area contributed by atoms with Crippen molar-refractivity contribution in [2.45, 2.75) is 19.6 Å². The van der Waals surface area contributed by atoms with Crippen LogP contribution >= 0.6 is 11.6 Å². The molecule has 10 heteroatoms. The second kappa shape index (κ2) is 11.6. The number of rotatable bonds is 7. The van der Waals surface area contributed by atoms with Crippen molar-refractivity contribution in [2.24, 2.45) is 0 Å². The number of nitrogens with one attached hydrogen (secondary N) is 3. The van der Waals surface area contributed by atoms with Crippen LogP contribution in [0.15, 0.2) is 72.8 Å². The van der Waals surface area contributed by atoms with Crippen LogP contribution in [0.3, 0.4) is 0 Å². The van der Waals surface area contributed by atoms with E-state index in [9.17, 15) is 22.8 Å². The maximum Gasteiger partial charge on any atom is 0.416 e. The third-order valence-electron chi connectivity index (χ3n) is 4.99. The first-order valence-electron chi connectivity index (χ1n) is 10.7. The Bertz CT molecular complexity index is 1150. The van der Waals surface area contributed by atoms with Gasteiger partial charge in [-0.1, -0.05) is 47.5 Å². The van der Waals surface area contributed by atoms with E-state index in [1.165, 1.54) is 17.0 Å². The molecule has 0 saturated heterocycles. The van der Waals surface area contributed by atoms with Crippen LogP contribution in [-0.4, -0.2) is 30.1 Å². The Morgan fingerprint density at radius 1 is 0.914 bits per heavy atom. The summed E-state index contributed by atoms with van der Waals surface area (Å²) >= 11 is 5.91. The lowest BCUT2D eigenvalue weighted by atomic mass is 10.1. The average molecular weight is 505 g/mol. The normalized spacial score (nSPS) is 11.0. The Labute approximate surface area is 206 Å². The summed E-state index contributed by atoms with van der Waals surface area (Å²) in [4.78, 5) is 26.6. The molecule has 3 rings (SSSR count). The van der Waals surface area contributed by atoms with Gasteiger partial charge in [-0.25, -0.2) is 9.59 Å². The van der Waals surface area contributed by atoms with E-state index in [-0.39, 0.29) is 25.3 Å². The molecule has 0 unspecified atom stereocenters. The van der Waals surface area contributed by atoms with Crippen molar-refractivity contribution in [3.63, 3.8) is 0 Å². The summed E-state index contributed by atoms with van der Waals surface area (Å²) in [6.07, 6.45) is -4.46. The second-order valence-corrected chi connectivity index (χ2v) is 8.24. The molecular weight excluding hydrogens is 481 g/mol. The lowest BCUT2D eigenvalue weighted by molar-refractivity contribution is -0.137. The van der Waals surface area contributed by atoms with Crippen molar-refractivity contribution in [3.05, 3.63) is 94.5 Å². The predicted molar refractivity (Wildman–Crippen MR) is 131 cm³/mol. The molecule has 0 aromatic heterocycles. The molecule has 0 bridgehead atoms. The van der Waals surface area contributed by atoms with Gasteiger partial charge in [0.05, 0.1) is 5.56 Å². The van der Waals surface area contributed by atoms with Crippen LogP contribution < -0.4 is 16.0 Å². The smallest absolute Gasteiger partial charge is 0.336 e. The van der Waals surface area contributed by atoms with Gasteiger partial charge in [-0.3, -0.25) is 0 Å². The molecule has 0 spiro atoms. The molecule has 3 aromatic carbocycles. The predicted octanol–water partition coefficient (Wildman–Crippen LogP) is 6.52. The van der Waals surface area contributed by atoms with Crippen molar-refractivity contribution in [3.8, 4) is 0 Å². The molecule has 0 atom stereocenters. The molecule has 184 valence electrons. The highest BCUT2D eigenvalue weighted by Crippen LogP contribution is 2.29. The number of hydrogen-bond donors (Lipinski definition) is 3. The molecule has 35 heavy (non-hydrogen) atoms. The number of urea groups is 2. The maximum absolute atomic E-state index is 12.9. The Morgan fingerprint density at radius 2 is 1.60 bits per heavy atom. The molecule has 6 nitrogen and oxygen atoms in total. The van der Waals surface area contributed by atoms with Crippen LogP contribution in [0.25, 0.3) is 0 Å². The standard InChI is InChI=1S/C25H24ClF3N4O2/c1-17-5-7-18(8-6-17)16-33(14-13-30-23(34)31-22-4-2-3-20(26)15-22)24(35)32-21-11-9-19(10-12-21)25(27,28)29/h2-12,15H,13-14,16H2,1H3,(H,32,35)(H2,30,31,34). The van der Waals surface area contributed by atoms with Gasteiger partial charge in [-0.05, 0) is 55.0 Å². The molecule has 4 amide bonds. The molecule has 0 radical (unpaired) electrons. The van der Waals surface area contributed by atoms with Crippen LogP contribution in [0, 0.1) is 6.92 Å². The average Bonchev–Trinajstić information content (AvgIpc) is 2.79. The first kappa shape index (κ1) is 25.9. The molecule has 0 aliphatic rings. The van der Waals surface area contributed by atoms with E-state index >= 15 is 0 Å². The van der Waals surface area contributed by atoms with E-state index in [1.54, 1.807) is 24.3 Å². The largest absolute Gasteiger partial charge is 0.416 e. The number of benzene rings is 3. The molecule has 0 aliphatic heterocycles. The van der Waals surface area contributed by atoms with Gasteiger partial charge in [0, 0.05) is 36.0 Å². The summed E-state index contributed by atoms with van der Waals surface area (Å²) in [6.45, 7) is 2.48. The zero-order valence-corrected chi connectivity index (χ0v) is 19.6. The highest BCUT2D eigenvalue weighted by molar-refractivity contribution is 6.30. The van der Waals surface area contributed by atoms with E-state index in [1.807, 2.05) is 31.2 Å². The lowest BCUT2D eigenvalue weighted by Gasteiger charge is -2.24. The monoisotopic (exact) mass is 504 g/mol. The molecule has 0 saturated carbocycles. The van der Waals surface area contributed by atoms with Gasteiger partial charge in [0.25, 0.3) is 0 Å². The summed E-state index contributed by atoms with van der Waals surface area (Å²) < 4.78 is 38.4. The number of carbonyl (C=O) groups is 2. The summed E-state index contributed by atoms with van der Waals surface area (Å²) in [6, 6.07) is 17.5. The van der Waals surface area contributed by atoms with Crippen molar-refractivity contribution in [2.75, 3.05) is 23.7 Å². The maximum atomic E-state index is 12.9. The Hall–Kier alpha value is -3.72. The van der Waals surface area contributed by atoms with E-state index in [2.05, 4.69) is 16.0 Å². The zero-order valence-electron chi connectivity index (χ0n) is 18.8. The minimum Gasteiger partial charge on any atom is -0.336 e. The van der Waals surface area contributed by atoms with Crippen molar-refractivity contribution in [1.82, 2.24) is 10.2 Å². The number of carbonyl (C=O) groups excluding carboxylic acids is 2. The molecule has 0 fully saturated rings. The van der Waals surface area contributed by atoms with E-state index in [0.717, 1.165) is 23.3 Å². The van der Waals surface area contributed by atoms with Crippen LogP contribution in [0.4, 0.5) is 34.1 Å². The first-order chi connectivity index (χ1) is 16.6. The quantitative estimate of drug-likeness (QED) is 0.342. The molecule has 3 N–H and O–H groups in total. The Morgan fingerprint density at radius 3 is 2.23 bits per heavy atom. The van der Waals surface area contributed by atoms with Gasteiger partial charge in [-0.15, -0.1) is 0 Å². The number of alkyl halides is 3. The highest BCUT2D eigenvalue weighted by Gasteiger charge is 2.30. The number of aryl methyl sites for hydroxylation is 1. The van der Waals surface area contributed by atoms with Crippen LogP contribution in [0.1, 0.15) is 16.7 Å². The number of anilines is 2. The van der Waals surface area contributed by atoms with Crippen LogP contribution in [0.2, 0.25) is 5.02 Å².